The highest BCUT2D eigenvalue weighted by molar-refractivity contribution is 6.35. The summed E-state index contributed by atoms with van der Waals surface area (Å²) in [6.45, 7) is 3.87. The van der Waals surface area contributed by atoms with Crippen molar-refractivity contribution < 1.29 is 4.79 Å². The van der Waals surface area contributed by atoms with E-state index in [4.69, 9.17) is 23.2 Å². The fraction of sp³-hybridized carbons (Fsp3) is 0.286. The van der Waals surface area contributed by atoms with Crippen LogP contribution in [0.25, 0.3) is 0 Å². The lowest BCUT2D eigenvalue weighted by molar-refractivity contribution is -0.116. The van der Waals surface area contributed by atoms with E-state index >= 15 is 0 Å². The number of aromatic nitrogens is 2. The molecule has 20 heavy (non-hydrogen) atoms. The van der Waals surface area contributed by atoms with Crippen LogP contribution < -0.4 is 5.32 Å². The molecule has 0 aliphatic heterocycles. The monoisotopic (exact) mass is 311 g/mol. The molecule has 4 nitrogen and oxygen atoms in total. The number of benzene rings is 1. The summed E-state index contributed by atoms with van der Waals surface area (Å²) in [7, 11) is 0. The molecule has 1 amide bonds. The lowest BCUT2D eigenvalue weighted by Crippen LogP contribution is -2.13. The quantitative estimate of drug-likeness (QED) is 0.899. The van der Waals surface area contributed by atoms with E-state index in [0.29, 0.717) is 28.6 Å². The maximum Gasteiger partial charge on any atom is 0.224 e. The molecule has 2 rings (SSSR count). The van der Waals surface area contributed by atoms with Crippen molar-refractivity contribution in [2.45, 2.75) is 26.7 Å². The van der Waals surface area contributed by atoms with Crippen LogP contribution in [0.4, 0.5) is 5.69 Å². The van der Waals surface area contributed by atoms with Gasteiger partial charge in [0.15, 0.2) is 0 Å². The van der Waals surface area contributed by atoms with E-state index in [9.17, 15) is 4.79 Å². The number of nitrogens with one attached hydrogen (secondary N) is 2. The molecule has 0 saturated carbocycles. The minimum atomic E-state index is -0.103. The average Bonchev–Trinajstić information content (AvgIpc) is 2.71. The minimum absolute atomic E-state index is 0.103. The minimum Gasteiger partial charge on any atom is -0.325 e. The van der Waals surface area contributed by atoms with Gasteiger partial charge in [-0.3, -0.25) is 9.89 Å². The highest BCUT2D eigenvalue weighted by Gasteiger charge is 2.10. The second-order valence-corrected chi connectivity index (χ2v) is 5.43. The van der Waals surface area contributed by atoms with Crippen molar-refractivity contribution >= 4 is 34.8 Å². The van der Waals surface area contributed by atoms with E-state index < -0.39 is 0 Å². The number of aromatic amines is 1. The Hall–Kier alpha value is -1.52. The Morgan fingerprint density at radius 2 is 2.10 bits per heavy atom. The summed E-state index contributed by atoms with van der Waals surface area (Å²) in [5, 5.41) is 10.8. The molecule has 0 aliphatic rings. The van der Waals surface area contributed by atoms with E-state index in [1.807, 2.05) is 13.8 Å². The number of aryl methyl sites for hydroxylation is 2. The maximum atomic E-state index is 12.0. The maximum absolute atomic E-state index is 12.0. The van der Waals surface area contributed by atoms with Gasteiger partial charge in [-0.05, 0) is 44.0 Å². The Morgan fingerprint density at radius 3 is 2.75 bits per heavy atom. The summed E-state index contributed by atoms with van der Waals surface area (Å²) in [5.41, 5.74) is 3.54. The van der Waals surface area contributed by atoms with Crippen LogP contribution in [0, 0.1) is 13.8 Å². The van der Waals surface area contributed by atoms with Crippen molar-refractivity contribution in [1.82, 2.24) is 10.2 Å². The van der Waals surface area contributed by atoms with Gasteiger partial charge in [-0.15, -0.1) is 0 Å². The molecule has 0 bridgehead atoms. The van der Waals surface area contributed by atoms with Crippen LogP contribution in [0.2, 0.25) is 10.0 Å². The number of halogens is 2. The molecule has 0 radical (unpaired) electrons. The molecule has 2 aromatic rings. The first kappa shape index (κ1) is 14.9. The number of hydrogen-bond acceptors (Lipinski definition) is 2. The lowest BCUT2D eigenvalue weighted by atomic mass is 10.1. The summed E-state index contributed by atoms with van der Waals surface area (Å²) in [6.07, 6.45) is 1.00. The third-order valence-electron chi connectivity index (χ3n) is 3.09. The van der Waals surface area contributed by atoms with E-state index in [-0.39, 0.29) is 5.91 Å². The fourth-order valence-corrected chi connectivity index (χ4v) is 2.32. The molecule has 0 spiro atoms. The summed E-state index contributed by atoms with van der Waals surface area (Å²) in [5.74, 6) is -0.103. The summed E-state index contributed by atoms with van der Waals surface area (Å²) >= 11 is 11.9. The van der Waals surface area contributed by atoms with E-state index in [1.165, 1.54) is 0 Å². The normalized spacial score (nSPS) is 10.6. The highest BCUT2D eigenvalue weighted by atomic mass is 35.5. The van der Waals surface area contributed by atoms with Crippen molar-refractivity contribution in [3.8, 4) is 0 Å². The predicted octanol–water partition coefficient (Wildman–Crippen LogP) is 3.90. The van der Waals surface area contributed by atoms with Gasteiger partial charge in [-0.25, -0.2) is 0 Å². The number of rotatable bonds is 4. The van der Waals surface area contributed by atoms with Gasteiger partial charge in [0.1, 0.15) is 0 Å². The predicted molar refractivity (Wildman–Crippen MR) is 81.5 cm³/mol. The van der Waals surface area contributed by atoms with Gasteiger partial charge in [0.05, 0.1) is 16.4 Å². The fourth-order valence-electron chi connectivity index (χ4n) is 1.99. The number of hydrogen-bond donors (Lipinski definition) is 2. The van der Waals surface area contributed by atoms with Crippen molar-refractivity contribution in [3.63, 3.8) is 0 Å². The summed E-state index contributed by atoms with van der Waals surface area (Å²) in [6, 6.07) is 4.97. The van der Waals surface area contributed by atoms with E-state index in [0.717, 1.165) is 17.0 Å². The van der Waals surface area contributed by atoms with Gasteiger partial charge >= 0.3 is 0 Å². The Labute approximate surface area is 127 Å². The van der Waals surface area contributed by atoms with Crippen molar-refractivity contribution in [3.05, 3.63) is 45.2 Å². The van der Waals surface area contributed by atoms with Gasteiger partial charge in [-0.1, -0.05) is 23.2 Å². The smallest absolute Gasteiger partial charge is 0.224 e. The topological polar surface area (TPSA) is 57.8 Å². The number of anilines is 1. The standard InChI is InChI=1S/C14H15Cl2N3O/c1-8-11(9(2)19-18-8)4-6-14(20)17-13-7-10(15)3-5-12(13)16/h3,5,7H,4,6H2,1-2H3,(H,17,20)(H,18,19). The molecule has 1 heterocycles. The SMILES string of the molecule is Cc1n[nH]c(C)c1CCC(=O)Nc1cc(Cl)ccc1Cl. The third kappa shape index (κ3) is 3.52. The Bertz CT molecular complexity index is 618. The van der Waals surface area contributed by atoms with Crippen LogP contribution >= 0.6 is 23.2 Å². The number of amides is 1. The van der Waals surface area contributed by atoms with Gasteiger partial charge in [0.25, 0.3) is 0 Å². The second kappa shape index (κ2) is 6.29. The number of carbonyl (C=O) groups excluding carboxylic acids is 1. The van der Waals surface area contributed by atoms with Gasteiger partial charge < -0.3 is 5.32 Å². The van der Waals surface area contributed by atoms with Gasteiger partial charge in [0.2, 0.25) is 5.91 Å². The van der Waals surface area contributed by atoms with E-state index in [1.54, 1.807) is 18.2 Å². The largest absolute Gasteiger partial charge is 0.325 e. The van der Waals surface area contributed by atoms with Crippen LogP contribution in [0.1, 0.15) is 23.4 Å². The third-order valence-corrected chi connectivity index (χ3v) is 3.65. The zero-order valence-corrected chi connectivity index (χ0v) is 12.8. The molecular weight excluding hydrogens is 297 g/mol. The van der Waals surface area contributed by atoms with Crippen molar-refractivity contribution in [1.29, 1.82) is 0 Å². The zero-order valence-electron chi connectivity index (χ0n) is 11.3. The Kier molecular flexibility index (Phi) is 4.68. The zero-order chi connectivity index (χ0) is 14.7. The summed E-state index contributed by atoms with van der Waals surface area (Å²) in [4.78, 5) is 12.0. The molecular formula is C14H15Cl2N3O. The van der Waals surface area contributed by atoms with Crippen LogP contribution in [0.5, 0.6) is 0 Å². The number of nitrogens with zero attached hydrogens (tertiary/aromatic N) is 1. The summed E-state index contributed by atoms with van der Waals surface area (Å²) < 4.78 is 0. The van der Waals surface area contributed by atoms with E-state index in [2.05, 4.69) is 15.5 Å². The first-order chi connectivity index (χ1) is 9.47. The van der Waals surface area contributed by atoms with Crippen LogP contribution in [0.15, 0.2) is 18.2 Å². The molecule has 0 unspecified atom stereocenters. The van der Waals surface area contributed by atoms with Crippen LogP contribution in [-0.2, 0) is 11.2 Å². The molecule has 0 fully saturated rings. The molecule has 1 aromatic heterocycles. The number of H-pyrrole nitrogens is 1. The molecule has 1 aromatic carbocycles. The molecule has 2 N–H and O–H groups in total. The second-order valence-electron chi connectivity index (χ2n) is 4.58. The molecule has 0 saturated heterocycles. The van der Waals surface area contributed by atoms with Gasteiger partial charge in [-0.2, -0.15) is 5.10 Å². The molecule has 0 aliphatic carbocycles. The molecule has 106 valence electrons. The van der Waals surface area contributed by atoms with Crippen LogP contribution in [-0.4, -0.2) is 16.1 Å². The highest BCUT2D eigenvalue weighted by Crippen LogP contribution is 2.25. The van der Waals surface area contributed by atoms with Crippen LogP contribution in [0.3, 0.4) is 0 Å². The van der Waals surface area contributed by atoms with Crippen molar-refractivity contribution in [2.24, 2.45) is 0 Å². The van der Waals surface area contributed by atoms with Gasteiger partial charge in [0, 0.05) is 17.1 Å². The first-order valence-electron chi connectivity index (χ1n) is 6.22. The van der Waals surface area contributed by atoms with Crippen molar-refractivity contribution in [2.75, 3.05) is 5.32 Å². The molecule has 6 heteroatoms. The lowest BCUT2D eigenvalue weighted by Gasteiger charge is -2.07. The average molecular weight is 312 g/mol. The first-order valence-corrected chi connectivity index (χ1v) is 6.98. The Balaban J connectivity index is 1.98. The molecule has 0 atom stereocenters. The number of carbonyl (C=O) groups is 1. The Morgan fingerprint density at radius 1 is 1.35 bits per heavy atom.